The molecule has 0 aliphatic carbocycles. The second kappa shape index (κ2) is 5.41. The maximum absolute atomic E-state index is 8.87. The maximum atomic E-state index is 8.87. The Kier molecular flexibility index (Phi) is 4.47. The van der Waals surface area contributed by atoms with Crippen LogP contribution in [0, 0.1) is 11.3 Å². The first-order valence-corrected chi connectivity index (χ1v) is 5.85. The highest BCUT2D eigenvalue weighted by molar-refractivity contribution is 7.14. The summed E-state index contributed by atoms with van der Waals surface area (Å²) in [6, 6.07) is 3.90. The molecule has 1 rings (SSSR count). The van der Waals surface area contributed by atoms with Gasteiger partial charge in [0.1, 0.15) is 0 Å². The lowest BCUT2D eigenvalue weighted by Gasteiger charge is -1.99. The van der Waals surface area contributed by atoms with Crippen molar-refractivity contribution in [1.29, 1.82) is 5.26 Å². The van der Waals surface area contributed by atoms with Gasteiger partial charge in [-0.25, -0.2) is 0 Å². The van der Waals surface area contributed by atoms with E-state index in [-0.39, 0.29) is 0 Å². The van der Waals surface area contributed by atoms with Crippen molar-refractivity contribution in [1.82, 2.24) is 0 Å². The number of allylic oxidation sites excluding steroid dienone is 1. The molecular weight excluding hydrogens is 237 g/mol. The van der Waals surface area contributed by atoms with Crippen LogP contribution in [0.3, 0.4) is 0 Å². The van der Waals surface area contributed by atoms with Crippen molar-refractivity contribution >= 4 is 39.6 Å². The van der Waals surface area contributed by atoms with Crippen LogP contribution in [0.2, 0.25) is 4.34 Å². The first-order chi connectivity index (χ1) is 6.69. The number of nitrogens with zero attached hydrogens (tertiary/aromatic N) is 1. The summed E-state index contributed by atoms with van der Waals surface area (Å²) in [6.07, 6.45) is 1.62. The van der Waals surface area contributed by atoms with E-state index in [2.05, 4.69) is 6.07 Å². The molecule has 0 bridgehead atoms. The van der Waals surface area contributed by atoms with Gasteiger partial charge < -0.3 is 0 Å². The molecule has 0 fully saturated rings. The van der Waals surface area contributed by atoms with E-state index >= 15 is 0 Å². The topological polar surface area (TPSA) is 23.8 Å². The molecule has 0 unspecified atom stereocenters. The summed E-state index contributed by atoms with van der Waals surface area (Å²) in [7, 11) is 0. The lowest BCUT2D eigenvalue weighted by molar-refractivity contribution is 0.933. The zero-order valence-electron chi connectivity index (χ0n) is 7.68. The van der Waals surface area contributed by atoms with E-state index in [1.54, 1.807) is 6.07 Å². The van der Waals surface area contributed by atoms with Crippen molar-refractivity contribution in [2.75, 3.05) is 0 Å². The molecule has 0 aliphatic heterocycles. The molecule has 4 heteroatoms. The number of rotatable bonds is 3. The van der Waals surface area contributed by atoms with E-state index in [1.165, 1.54) is 11.3 Å². The Morgan fingerprint density at radius 1 is 1.64 bits per heavy atom. The second-order valence-corrected chi connectivity index (χ2v) is 4.71. The molecule has 0 spiro atoms. The average Bonchev–Trinajstić information content (AvgIpc) is 2.60. The maximum Gasteiger partial charge on any atom is 0.0962 e. The second-order valence-electron chi connectivity index (χ2n) is 2.79. The molecule has 1 aromatic rings. The van der Waals surface area contributed by atoms with Crippen molar-refractivity contribution < 1.29 is 0 Å². The van der Waals surface area contributed by atoms with Crippen LogP contribution in [-0.2, 0) is 0 Å². The van der Waals surface area contributed by atoms with Gasteiger partial charge in [-0.05, 0) is 12.5 Å². The van der Waals surface area contributed by atoms with E-state index in [0.29, 0.717) is 21.4 Å². The van der Waals surface area contributed by atoms with Crippen LogP contribution < -0.4 is 0 Å². The Bertz CT molecular complexity index is 387. The van der Waals surface area contributed by atoms with Gasteiger partial charge in [0.25, 0.3) is 0 Å². The quantitative estimate of drug-likeness (QED) is 0.710. The third-order valence-corrected chi connectivity index (χ3v) is 3.26. The molecule has 1 nitrogen and oxygen atoms in total. The summed E-state index contributed by atoms with van der Waals surface area (Å²) in [6.45, 7) is 2.02. The predicted octanol–water partition coefficient (Wildman–Crippen LogP) is 4.68. The molecule has 0 saturated heterocycles. The van der Waals surface area contributed by atoms with Crippen LogP contribution >= 0.6 is 34.5 Å². The minimum absolute atomic E-state index is 0.525. The fraction of sp³-hybridized carbons (Fsp3) is 0.300. The van der Waals surface area contributed by atoms with Gasteiger partial charge in [0.15, 0.2) is 0 Å². The van der Waals surface area contributed by atoms with Crippen LogP contribution in [-0.4, -0.2) is 0 Å². The zero-order chi connectivity index (χ0) is 10.6. The molecule has 14 heavy (non-hydrogen) atoms. The minimum atomic E-state index is 0.525. The molecule has 74 valence electrons. The summed E-state index contributed by atoms with van der Waals surface area (Å²) in [5.74, 6) is 0. The molecule has 1 heterocycles. The average molecular weight is 246 g/mol. The molecule has 0 N–H and O–H groups in total. The van der Waals surface area contributed by atoms with Crippen molar-refractivity contribution in [2.24, 2.45) is 0 Å². The van der Waals surface area contributed by atoms with Crippen LogP contribution in [0.5, 0.6) is 0 Å². The van der Waals surface area contributed by atoms with Gasteiger partial charge in [0.2, 0.25) is 0 Å². The molecule has 0 aliphatic rings. The SMILES string of the molecule is CCC/C(C#N)=C(\Cl)c1csc(Cl)c1. The van der Waals surface area contributed by atoms with E-state index in [0.717, 1.165) is 12.0 Å². The molecule has 0 aromatic carbocycles. The summed E-state index contributed by atoms with van der Waals surface area (Å²) >= 11 is 13.3. The summed E-state index contributed by atoms with van der Waals surface area (Å²) < 4.78 is 0.687. The van der Waals surface area contributed by atoms with E-state index in [9.17, 15) is 0 Å². The molecule has 0 saturated carbocycles. The smallest absolute Gasteiger partial charge is 0.0962 e. The Balaban J connectivity index is 3.02. The van der Waals surface area contributed by atoms with Crippen LogP contribution in [0.15, 0.2) is 17.0 Å². The number of hydrogen-bond acceptors (Lipinski definition) is 2. The van der Waals surface area contributed by atoms with Crippen LogP contribution in [0.25, 0.3) is 5.03 Å². The largest absolute Gasteiger partial charge is 0.193 e. The number of thiophene rings is 1. The van der Waals surface area contributed by atoms with Crippen molar-refractivity contribution in [2.45, 2.75) is 19.8 Å². The van der Waals surface area contributed by atoms with Crippen molar-refractivity contribution in [3.05, 3.63) is 26.9 Å². The Morgan fingerprint density at radius 2 is 2.36 bits per heavy atom. The fourth-order valence-electron chi connectivity index (χ4n) is 1.06. The van der Waals surface area contributed by atoms with Gasteiger partial charge in [0, 0.05) is 16.5 Å². The van der Waals surface area contributed by atoms with Gasteiger partial charge in [-0.2, -0.15) is 5.26 Å². The van der Waals surface area contributed by atoms with Crippen molar-refractivity contribution in [3.63, 3.8) is 0 Å². The Labute approximate surface area is 97.6 Å². The third-order valence-electron chi connectivity index (χ3n) is 1.72. The normalized spacial score (nSPS) is 12.1. The monoisotopic (exact) mass is 245 g/mol. The number of hydrogen-bond donors (Lipinski definition) is 0. The van der Waals surface area contributed by atoms with Gasteiger partial charge in [-0.1, -0.05) is 36.5 Å². The Hall–Kier alpha value is -0.490. The standard InChI is InChI=1S/C10H9Cl2NS/c1-2-3-7(5-13)10(12)8-4-9(11)14-6-8/h4,6H,2-3H2,1H3/b10-7+. The zero-order valence-corrected chi connectivity index (χ0v) is 10.0. The number of halogens is 2. The van der Waals surface area contributed by atoms with Crippen LogP contribution in [0.1, 0.15) is 25.3 Å². The first-order valence-electron chi connectivity index (χ1n) is 4.22. The van der Waals surface area contributed by atoms with Gasteiger partial charge in [0.05, 0.1) is 15.4 Å². The highest BCUT2D eigenvalue weighted by atomic mass is 35.5. The Morgan fingerprint density at radius 3 is 2.79 bits per heavy atom. The lowest BCUT2D eigenvalue weighted by Crippen LogP contribution is -1.82. The van der Waals surface area contributed by atoms with Crippen molar-refractivity contribution in [3.8, 4) is 6.07 Å². The molecule has 0 radical (unpaired) electrons. The van der Waals surface area contributed by atoms with Crippen LogP contribution in [0.4, 0.5) is 0 Å². The fourth-order valence-corrected chi connectivity index (χ4v) is 2.25. The highest BCUT2D eigenvalue weighted by Crippen LogP contribution is 2.31. The predicted molar refractivity (Wildman–Crippen MR) is 62.6 cm³/mol. The summed E-state index contributed by atoms with van der Waals surface area (Å²) in [5, 5.41) is 11.3. The lowest BCUT2D eigenvalue weighted by atomic mass is 10.1. The van der Waals surface area contributed by atoms with Gasteiger partial charge in [-0.15, -0.1) is 11.3 Å². The van der Waals surface area contributed by atoms with E-state index in [4.69, 9.17) is 28.5 Å². The molecule has 0 atom stereocenters. The van der Waals surface area contributed by atoms with Gasteiger partial charge >= 0.3 is 0 Å². The highest BCUT2D eigenvalue weighted by Gasteiger charge is 2.07. The first kappa shape index (κ1) is 11.6. The number of nitriles is 1. The molecule has 0 amide bonds. The molecule has 1 aromatic heterocycles. The third kappa shape index (κ3) is 2.75. The molecular formula is C10H9Cl2NS. The van der Waals surface area contributed by atoms with Gasteiger partial charge in [-0.3, -0.25) is 0 Å². The summed E-state index contributed by atoms with van der Waals surface area (Å²) in [5.41, 5.74) is 1.47. The summed E-state index contributed by atoms with van der Waals surface area (Å²) in [4.78, 5) is 0. The van der Waals surface area contributed by atoms with E-state index < -0.39 is 0 Å². The minimum Gasteiger partial charge on any atom is -0.193 e. The van der Waals surface area contributed by atoms with E-state index in [1.807, 2.05) is 12.3 Å².